The van der Waals surface area contributed by atoms with Gasteiger partial charge in [-0.15, -0.1) is 0 Å². The molecule has 3 aliphatic carbocycles. The van der Waals surface area contributed by atoms with Crippen molar-refractivity contribution in [2.75, 3.05) is 7.11 Å². The summed E-state index contributed by atoms with van der Waals surface area (Å²) in [6.45, 7) is 2.09. The Labute approximate surface area is 131 Å². The van der Waals surface area contributed by atoms with E-state index >= 15 is 0 Å². The van der Waals surface area contributed by atoms with Crippen molar-refractivity contribution in [3.8, 4) is 5.75 Å². The first-order valence-electron chi connectivity index (χ1n) is 8.17. The summed E-state index contributed by atoms with van der Waals surface area (Å²) in [4.78, 5) is 12.8. The fourth-order valence-electron chi connectivity index (χ4n) is 4.80. The Kier molecular flexibility index (Phi) is 2.99. The fraction of sp³-hybridized carbons (Fsp3) is 0.526. The van der Waals surface area contributed by atoms with Crippen molar-refractivity contribution < 1.29 is 14.6 Å². The van der Waals surface area contributed by atoms with E-state index in [-0.39, 0.29) is 17.1 Å². The van der Waals surface area contributed by atoms with E-state index in [1.54, 1.807) is 7.11 Å². The van der Waals surface area contributed by atoms with E-state index in [4.69, 9.17) is 4.74 Å². The van der Waals surface area contributed by atoms with Crippen LogP contribution in [0.1, 0.15) is 43.7 Å². The molecule has 1 saturated carbocycles. The average Bonchev–Trinajstić information content (AvgIpc) is 2.53. The third-order valence-electron chi connectivity index (χ3n) is 6.04. The first kappa shape index (κ1) is 14.0. The number of Topliss-reactive ketones (excluding diaryl/α,β-unsaturated/α-hetero) is 1. The summed E-state index contributed by atoms with van der Waals surface area (Å²) in [6, 6.07) is 6.18. The van der Waals surface area contributed by atoms with Crippen LogP contribution in [-0.2, 0) is 11.2 Å². The van der Waals surface area contributed by atoms with E-state index < -0.39 is 6.10 Å². The highest BCUT2D eigenvalue weighted by Crippen LogP contribution is 2.55. The molecule has 1 aromatic carbocycles. The Morgan fingerprint density at radius 1 is 1.32 bits per heavy atom. The molecular weight excluding hydrogens is 276 g/mol. The quantitative estimate of drug-likeness (QED) is 0.866. The summed E-state index contributed by atoms with van der Waals surface area (Å²) in [6.07, 6.45) is 3.61. The maximum Gasteiger partial charge on any atom is 0.148 e. The molecule has 1 aromatic rings. The van der Waals surface area contributed by atoms with Gasteiger partial charge in [-0.1, -0.05) is 17.7 Å². The smallest absolute Gasteiger partial charge is 0.148 e. The van der Waals surface area contributed by atoms with Gasteiger partial charge in [0.05, 0.1) is 13.2 Å². The van der Waals surface area contributed by atoms with Crippen molar-refractivity contribution in [1.29, 1.82) is 0 Å². The monoisotopic (exact) mass is 298 g/mol. The Bertz CT molecular complexity index is 688. The lowest BCUT2D eigenvalue weighted by Crippen LogP contribution is -2.49. The number of allylic oxidation sites excluding steroid dienone is 2. The average molecular weight is 298 g/mol. The number of aliphatic hydroxyl groups excluding tert-OH is 1. The summed E-state index contributed by atoms with van der Waals surface area (Å²) in [5, 5.41) is 10.3. The van der Waals surface area contributed by atoms with Crippen LogP contribution < -0.4 is 4.74 Å². The molecule has 0 amide bonds. The van der Waals surface area contributed by atoms with Gasteiger partial charge in [0.2, 0.25) is 0 Å². The summed E-state index contributed by atoms with van der Waals surface area (Å²) < 4.78 is 5.51. The third kappa shape index (κ3) is 1.69. The van der Waals surface area contributed by atoms with E-state index in [0.717, 1.165) is 31.4 Å². The molecule has 0 aliphatic heterocycles. The summed E-state index contributed by atoms with van der Waals surface area (Å²) in [5.74, 6) is 0.975. The van der Waals surface area contributed by atoms with Gasteiger partial charge in [-0.25, -0.2) is 0 Å². The van der Waals surface area contributed by atoms with E-state index in [1.807, 2.05) is 12.1 Å². The van der Waals surface area contributed by atoms with Crippen LogP contribution in [0.15, 0.2) is 23.8 Å². The van der Waals surface area contributed by atoms with Crippen LogP contribution in [0, 0.1) is 11.3 Å². The Morgan fingerprint density at radius 2 is 2.14 bits per heavy atom. The molecule has 0 heterocycles. The van der Waals surface area contributed by atoms with Crippen molar-refractivity contribution >= 4 is 11.4 Å². The predicted molar refractivity (Wildman–Crippen MR) is 84.7 cm³/mol. The van der Waals surface area contributed by atoms with Crippen molar-refractivity contribution in [3.63, 3.8) is 0 Å². The first-order valence-corrected chi connectivity index (χ1v) is 8.17. The lowest BCUT2D eigenvalue weighted by molar-refractivity contribution is -0.139. The van der Waals surface area contributed by atoms with E-state index in [1.165, 1.54) is 22.3 Å². The molecule has 22 heavy (non-hydrogen) atoms. The first-order chi connectivity index (χ1) is 10.6. The maximum atomic E-state index is 12.8. The number of carbonyl (C=O) groups is 1. The van der Waals surface area contributed by atoms with Gasteiger partial charge >= 0.3 is 0 Å². The molecule has 4 rings (SSSR count). The second-order valence-electron chi connectivity index (χ2n) is 7.06. The highest BCUT2D eigenvalue weighted by atomic mass is 16.5. The lowest BCUT2D eigenvalue weighted by Gasteiger charge is -2.48. The Hall–Kier alpha value is -1.61. The van der Waals surface area contributed by atoms with Gasteiger partial charge in [-0.2, -0.15) is 0 Å². The van der Waals surface area contributed by atoms with Gasteiger partial charge in [-0.05, 0) is 56.2 Å². The number of ketones is 1. The lowest BCUT2D eigenvalue weighted by atomic mass is 9.55. The SMILES string of the molecule is COc1cccc2c1CCC1=C2CC2C(=O)[C@@]1(C)CCC2O. The topological polar surface area (TPSA) is 46.5 Å². The number of hydrogen-bond acceptors (Lipinski definition) is 3. The Morgan fingerprint density at radius 3 is 2.91 bits per heavy atom. The zero-order valence-electron chi connectivity index (χ0n) is 13.2. The molecular formula is C19H22O3. The van der Waals surface area contributed by atoms with Crippen LogP contribution in [0.4, 0.5) is 0 Å². The number of hydrogen-bond donors (Lipinski definition) is 1. The molecule has 3 aliphatic rings. The minimum absolute atomic E-state index is 0.227. The van der Waals surface area contributed by atoms with E-state index in [9.17, 15) is 9.90 Å². The van der Waals surface area contributed by atoms with Gasteiger partial charge in [-0.3, -0.25) is 4.79 Å². The highest BCUT2D eigenvalue weighted by Gasteiger charge is 2.52. The molecule has 116 valence electrons. The van der Waals surface area contributed by atoms with Gasteiger partial charge in [0.1, 0.15) is 11.5 Å². The molecule has 1 fully saturated rings. The van der Waals surface area contributed by atoms with Crippen molar-refractivity contribution in [2.45, 2.75) is 45.1 Å². The second kappa shape index (κ2) is 4.69. The Balaban J connectivity index is 1.91. The van der Waals surface area contributed by atoms with Gasteiger partial charge in [0.15, 0.2) is 0 Å². The van der Waals surface area contributed by atoms with Gasteiger partial charge < -0.3 is 9.84 Å². The molecule has 0 aromatic heterocycles. The summed E-state index contributed by atoms with van der Waals surface area (Å²) in [7, 11) is 1.71. The third-order valence-corrected chi connectivity index (χ3v) is 6.04. The number of aliphatic hydroxyl groups is 1. The summed E-state index contributed by atoms with van der Waals surface area (Å²) in [5.41, 5.74) is 4.75. The number of ether oxygens (including phenoxy) is 1. The number of benzene rings is 1. The molecule has 3 nitrogen and oxygen atoms in total. The van der Waals surface area contributed by atoms with Crippen molar-refractivity contribution in [1.82, 2.24) is 0 Å². The highest BCUT2D eigenvalue weighted by molar-refractivity contribution is 5.98. The molecule has 3 atom stereocenters. The van der Waals surface area contributed by atoms with E-state index in [2.05, 4.69) is 13.0 Å². The van der Waals surface area contributed by atoms with Gasteiger partial charge in [0.25, 0.3) is 0 Å². The zero-order chi connectivity index (χ0) is 15.5. The molecule has 2 bridgehead atoms. The maximum absolute atomic E-state index is 12.8. The molecule has 0 spiro atoms. The van der Waals surface area contributed by atoms with Crippen LogP contribution in [0.25, 0.3) is 5.57 Å². The normalized spacial score (nSPS) is 33.3. The standard InChI is InChI=1S/C19H22O3/c1-19-9-8-16(20)14(18(19)21)10-13-11-4-3-5-17(22-2)12(11)6-7-15(13)19/h3-5,14,16,20H,6-10H2,1-2H3/t14?,16?,19-/m0/s1. The second-order valence-corrected chi connectivity index (χ2v) is 7.06. The molecule has 0 radical (unpaired) electrons. The number of fused-ring (bicyclic) bond motifs is 5. The van der Waals surface area contributed by atoms with Crippen LogP contribution in [0.5, 0.6) is 5.75 Å². The minimum atomic E-state index is -0.481. The number of carbonyl (C=O) groups excluding carboxylic acids is 1. The molecule has 1 N–H and O–H groups in total. The zero-order valence-corrected chi connectivity index (χ0v) is 13.2. The van der Waals surface area contributed by atoms with Gasteiger partial charge in [0, 0.05) is 16.9 Å². The van der Waals surface area contributed by atoms with Crippen LogP contribution >= 0.6 is 0 Å². The molecule has 0 saturated heterocycles. The van der Waals surface area contributed by atoms with Crippen LogP contribution in [0.2, 0.25) is 0 Å². The van der Waals surface area contributed by atoms with Crippen LogP contribution in [0.3, 0.4) is 0 Å². The van der Waals surface area contributed by atoms with Crippen LogP contribution in [-0.4, -0.2) is 24.1 Å². The van der Waals surface area contributed by atoms with Crippen molar-refractivity contribution in [2.24, 2.45) is 11.3 Å². The summed E-state index contributed by atoms with van der Waals surface area (Å²) >= 11 is 0. The fourth-order valence-corrected chi connectivity index (χ4v) is 4.80. The number of methoxy groups -OCH3 is 1. The largest absolute Gasteiger partial charge is 0.496 e. The molecule has 3 heteroatoms. The number of rotatable bonds is 1. The minimum Gasteiger partial charge on any atom is -0.496 e. The van der Waals surface area contributed by atoms with E-state index in [0.29, 0.717) is 6.42 Å². The molecule has 2 unspecified atom stereocenters. The predicted octanol–water partition coefficient (Wildman–Crippen LogP) is 3.15. The van der Waals surface area contributed by atoms with Crippen molar-refractivity contribution in [3.05, 3.63) is 34.9 Å².